The van der Waals surface area contributed by atoms with Crippen LogP contribution in [0.2, 0.25) is 0 Å². The first kappa shape index (κ1) is 13.6. The Bertz CT molecular complexity index is 475. The molecule has 0 aliphatic carbocycles. The predicted molar refractivity (Wildman–Crippen MR) is 60.5 cm³/mol. The van der Waals surface area contributed by atoms with Crippen molar-refractivity contribution < 1.29 is 28.8 Å². The Morgan fingerprint density at radius 3 is 1.82 bits per heavy atom. The molecule has 0 aliphatic rings. The third kappa shape index (κ3) is 3.78. The summed E-state index contributed by atoms with van der Waals surface area (Å²) in [5.74, 6) is 0.0278. The van der Waals surface area contributed by atoms with Gasteiger partial charge in [-0.2, -0.15) is 0 Å². The Balaban J connectivity index is 0.00000144. The van der Waals surface area contributed by atoms with Gasteiger partial charge in [0.05, 0.1) is 0 Å². The van der Waals surface area contributed by atoms with Crippen molar-refractivity contribution >= 4 is 6.29 Å². The number of benzene rings is 2. The average molecular weight is 218 g/mol. The van der Waals surface area contributed by atoms with Gasteiger partial charge in [-0.1, -0.05) is 48.5 Å². The first-order valence-corrected chi connectivity index (χ1v) is 5.08. The molecule has 0 heterocycles. The van der Waals surface area contributed by atoms with E-state index in [2.05, 4.69) is 0 Å². The van der Waals surface area contributed by atoms with Crippen molar-refractivity contribution in [3.05, 3.63) is 65.2 Å². The summed E-state index contributed by atoms with van der Waals surface area (Å²) >= 11 is 0. The SMILES string of the molecule is O=Cc1ccc(Cc2ccc([O-])cc2)cc1.[Li+]. The second-order valence-electron chi connectivity index (χ2n) is 3.68. The zero-order chi connectivity index (χ0) is 11.4. The van der Waals surface area contributed by atoms with Crippen LogP contribution in [0.15, 0.2) is 48.5 Å². The van der Waals surface area contributed by atoms with Crippen LogP contribution in [0.3, 0.4) is 0 Å². The molecule has 80 valence electrons. The quantitative estimate of drug-likeness (QED) is 0.498. The van der Waals surface area contributed by atoms with E-state index >= 15 is 0 Å². The predicted octanol–water partition coefficient (Wildman–Crippen LogP) is -0.833. The van der Waals surface area contributed by atoms with E-state index in [4.69, 9.17) is 0 Å². The van der Waals surface area contributed by atoms with Crippen molar-refractivity contribution in [1.29, 1.82) is 0 Å². The second kappa shape index (κ2) is 6.29. The van der Waals surface area contributed by atoms with Crippen LogP contribution in [0.25, 0.3) is 0 Å². The van der Waals surface area contributed by atoms with Gasteiger partial charge in [-0.05, 0) is 17.5 Å². The zero-order valence-corrected chi connectivity index (χ0v) is 9.72. The van der Waals surface area contributed by atoms with E-state index in [0.717, 1.165) is 23.8 Å². The number of carbonyl (C=O) groups excluding carboxylic acids is 1. The first-order valence-electron chi connectivity index (χ1n) is 5.08. The smallest absolute Gasteiger partial charge is 0.872 e. The van der Waals surface area contributed by atoms with Crippen LogP contribution >= 0.6 is 0 Å². The van der Waals surface area contributed by atoms with Crippen LogP contribution in [0.1, 0.15) is 21.5 Å². The molecule has 0 radical (unpaired) electrons. The molecule has 0 saturated carbocycles. The van der Waals surface area contributed by atoms with Crippen molar-refractivity contribution in [2.75, 3.05) is 0 Å². The maximum atomic E-state index is 10.9. The van der Waals surface area contributed by atoms with Gasteiger partial charge >= 0.3 is 18.9 Å². The van der Waals surface area contributed by atoms with Crippen LogP contribution in [0, 0.1) is 0 Å². The van der Waals surface area contributed by atoms with Crippen molar-refractivity contribution in [3.8, 4) is 5.75 Å². The minimum Gasteiger partial charge on any atom is -0.872 e. The third-order valence-corrected chi connectivity index (χ3v) is 2.45. The Hall–Kier alpha value is -1.49. The summed E-state index contributed by atoms with van der Waals surface area (Å²) in [6, 6.07) is 14.2. The van der Waals surface area contributed by atoms with Gasteiger partial charge in [-0.25, -0.2) is 0 Å². The fourth-order valence-electron chi connectivity index (χ4n) is 1.56. The summed E-state index contributed by atoms with van der Waals surface area (Å²) in [6.07, 6.45) is 1.61. The topological polar surface area (TPSA) is 40.1 Å². The monoisotopic (exact) mass is 218 g/mol. The second-order valence-corrected chi connectivity index (χ2v) is 3.68. The van der Waals surface area contributed by atoms with E-state index in [0.29, 0.717) is 5.56 Å². The van der Waals surface area contributed by atoms with Crippen molar-refractivity contribution in [1.82, 2.24) is 0 Å². The van der Waals surface area contributed by atoms with E-state index in [9.17, 15) is 9.90 Å². The molecule has 0 aromatic heterocycles. The maximum Gasteiger partial charge on any atom is 1.00 e. The van der Waals surface area contributed by atoms with E-state index < -0.39 is 0 Å². The molecule has 2 rings (SSSR count). The largest absolute Gasteiger partial charge is 1.00 e. The summed E-state index contributed by atoms with van der Waals surface area (Å²) in [4.78, 5) is 10.5. The van der Waals surface area contributed by atoms with Gasteiger partial charge in [-0.15, -0.1) is 5.75 Å². The maximum absolute atomic E-state index is 10.9. The van der Waals surface area contributed by atoms with Gasteiger partial charge in [0.15, 0.2) is 0 Å². The van der Waals surface area contributed by atoms with Crippen LogP contribution in [-0.4, -0.2) is 6.29 Å². The summed E-state index contributed by atoms with van der Waals surface area (Å²) in [7, 11) is 0. The van der Waals surface area contributed by atoms with Crippen molar-refractivity contribution in [3.63, 3.8) is 0 Å². The van der Waals surface area contributed by atoms with Gasteiger partial charge in [0.2, 0.25) is 0 Å². The molecule has 0 spiro atoms. The molecule has 2 aromatic carbocycles. The van der Waals surface area contributed by atoms with Crippen molar-refractivity contribution in [2.45, 2.75) is 6.42 Å². The van der Waals surface area contributed by atoms with E-state index in [1.165, 1.54) is 0 Å². The first-order chi connectivity index (χ1) is 7.78. The molecular weight excluding hydrogens is 207 g/mol. The van der Waals surface area contributed by atoms with Crippen LogP contribution < -0.4 is 24.0 Å². The van der Waals surface area contributed by atoms with Crippen LogP contribution in [-0.2, 0) is 6.42 Å². The Morgan fingerprint density at radius 1 is 0.882 bits per heavy atom. The minimum atomic E-state index is 0. The molecule has 0 saturated heterocycles. The molecule has 0 aliphatic heterocycles. The third-order valence-electron chi connectivity index (χ3n) is 2.45. The average Bonchev–Trinajstić information content (AvgIpc) is 2.33. The number of aldehydes is 1. The molecule has 0 amide bonds. The molecule has 0 unspecified atom stereocenters. The van der Waals surface area contributed by atoms with Crippen LogP contribution in [0.5, 0.6) is 5.75 Å². The van der Waals surface area contributed by atoms with E-state index in [1.54, 1.807) is 24.3 Å². The normalized spacial score (nSPS) is 9.41. The fraction of sp³-hybridized carbons (Fsp3) is 0.0714. The number of hydrogen-bond donors (Lipinski definition) is 0. The number of rotatable bonds is 3. The van der Waals surface area contributed by atoms with Gasteiger partial charge in [0.1, 0.15) is 6.29 Å². The molecule has 2 nitrogen and oxygen atoms in total. The molecular formula is C14H11LiO2. The van der Waals surface area contributed by atoms with Crippen LogP contribution in [0.4, 0.5) is 0 Å². The minimum absolute atomic E-state index is 0. The zero-order valence-electron chi connectivity index (χ0n) is 9.72. The summed E-state index contributed by atoms with van der Waals surface area (Å²) in [6.45, 7) is 0. The molecule has 0 atom stereocenters. The molecule has 0 bridgehead atoms. The van der Waals surface area contributed by atoms with E-state index in [1.807, 2.05) is 24.3 Å². The molecule has 0 fully saturated rings. The van der Waals surface area contributed by atoms with Gasteiger partial charge < -0.3 is 5.11 Å². The molecule has 2 aromatic rings. The standard InChI is InChI=1S/C14H12O2.Li/c15-10-13-3-1-11(2-4-13)9-12-5-7-14(16)8-6-12;/h1-8,10,16H,9H2;/q;+1/p-1. The number of hydrogen-bond acceptors (Lipinski definition) is 2. The van der Waals surface area contributed by atoms with Crippen molar-refractivity contribution in [2.24, 2.45) is 0 Å². The van der Waals surface area contributed by atoms with Gasteiger partial charge in [-0.3, -0.25) is 4.79 Å². The van der Waals surface area contributed by atoms with Gasteiger partial charge in [0.25, 0.3) is 0 Å². The van der Waals surface area contributed by atoms with E-state index in [-0.39, 0.29) is 24.6 Å². The summed E-state index contributed by atoms with van der Waals surface area (Å²) in [5.41, 5.74) is 2.90. The summed E-state index contributed by atoms with van der Waals surface area (Å²) in [5, 5.41) is 10.9. The molecule has 0 N–H and O–H groups in total. The Morgan fingerprint density at radius 2 is 1.35 bits per heavy atom. The Kier molecular flexibility index (Phi) is 5.02. The summed E-state index contributed by atoms with van der Waals surface area (Å²) < 4.78 is 0. The van der Waals surface area contributed by atoms with Gasteiger partial charge in [0, 0.05) is 5.56 Å². The Labute approximate surface area is 112 Å². The fourth-order valence-corrected chi connectivity index (χ4v) is 1.56. The molecule has 3 heteroatoms. The molecule has 17 heavy (non-hydrogen) atoms. The number of carbonyl (C=O) groups is 1.